The molecule has 7 heteroatoms. The first-order valence-electron chi connectivity index (χ1n) is 8.86. The van der Waals surface area contributed by atoms with Gasteiger partial charge in [-0.15, -0.1) is 0 Å². The number of nitrogens with zero attached hydrogens (tertiary/aromatic N) is 2. The van der Waals surface area contributed by atoms with Gasteiger partial charge in [0.05, 0.1) is 5.69 Å². The van der Waals surface area contributed by atoms with Gasteiger partial charge in [-0.1, -0.05) is 29.8 Å². The number of rotatable bonds is 2. The Balaban J connectivity index is 1.43. The van der Waals surface area contributed by atoms with Crippen LogP contribution in [0.15, 0.2) is 42.5 Å². The van der Waals surface area contributed by atoms with Crippen LogP contribution in [0.1, 0.15) is 17.9 Å². The number of hydrogen-bond acceptors (Lipinski definition) is 3. The van der Waals surface area contributed by atoms with Gasteiger partial charge in [0, 0.05) is 42.8 Å². The van der Waals surface area contributed by atoms with Crippen LogP contribution in [0.2, 0.25) is 5.02 Å². The number of likely N-dealkylation sites (tertiary alicyclic amines) is 1. The number of benzene rings is 2. The number of nitrogens with one attached hydrogen (secondary N) is 1. The summed E-state index contributed by atoms with van der Waals surface area (Å²) in [6.07, 6.45) is 0.886. The first-order chi connectivity index (χ1) is 13.0. The van der Waals surface area contributed by atoms with Crippen molar-refractivity contribution < 1.29 is 14.3 Å². The lowest BCUT2D eigenvalue weighted by molar-refractivity contribution is -0.120. The van der Waals surface area contributed by atoms with E-state index in [-0.39, 0.29) is 24.5 Å². The number of fused-ring (bicyclic) bond motifs is 1. The number of amides is 3. The Morgan fingerprint density at radius 3 is 2.89 bits per heavy atom. The maximum atomic E-state index is 12.6. The van der Waals surface area contributed by atoms with Crippen LogP contribution in [-0.2, 0) is 4.79 Å². The minimum Gasteiger partial charge on any atom is -0.481 e. The highest BCUT2D eigenvalue weighted by Gasteiger charge is 2.29. The van der Waals surface area contributed by atoms with E-state index < -0.39 is 0 Å². The third kappa shape index (κ3) is 3.45. The van der Waals surface area contributed by atoms with Crippen molar-refractivity contribution >= 4 is 34.9 Å². The smallest absolute Gasteiger partial charge is 0.321 e. The fourth-order valence-corrected chi connectivity index (χ4v) is 3.85. The number of urea groups is 1. The summed E-state index contributed by atoms with van der Waals surface area (Å²) in [5.41, 5.74) is 2.43. The molecule has 0 radical (unpaired) electrons. The van der Waals surface area contributed by atoms with Crippen molar-refractivity contribution in [2.45, 2.75) is 12.3 Å². The minimum absolute atomic E-state index is 0.00649. The van der Waals surface area contributed by atoms with E-state index in [4.69, 9.17) is 16.3 Å². The lowest BCUT2D eigenvalue weighted by atomic mass is 9.98. The van der Waals surface area contributed by atoms with Gasteiger partial charge in [0.2, 0.25) is 0 Å². The molecule has 0 saturated carbocycles. The summed E-state index contributed by atoms with van der Waals surface area (Å²) in [7, 11) is 1.71. The lowest BCUT2D eigenvalue weighted by Crippen LogP contribution is -2.35. The zero-order valence-electron chi connectivity index (χ0n) is 14.9. The summed E-state index contributed by atoms with van der Waals surface area (Å²) in [5, 5.41) is 3.66. The first-order valence-corrected chi connectivity index (χ1v) is 9.24. The molecule has 2 aliphatic rings. The fraction of sp³-hybridized carbons (Fsp3) is 0.300. The molecule has 6 nitrogen and oxygen atoms in total. The minimum atomic E-state index is -0.148. The van der Waals surface area contributed by atoms with Gasteiger partial charge in [-0.05, 0) is 30.2 Å². The zero-order valence-corrected chi connectivity index (χ0v) is 15.7. The Morgan fingerprint density at radius 2 is 2.07 bits per heavy atom. The van der Waals surface area contributed by atoms with Crippen LogP contribution in [0.3, 0.4) is 0 Å². The maximum absolute atomic E-state index is 12.6. The molecular formula is C20H20ClN3O3. The number of hydrogen-bond donors (Lipinski definition) is 1. The van der Waals surface area contributed by atoms with Crippen molar-refractivity contribution in [3.8, 4) is 5.75 Å². The molecule has 0 aliphatic carbocycles. The monoisotopic (exact) mass is 385 g/mol. The molecule has 3 amide bonds. The number of carbonyl (C=O) groups excluding carboxylic acids is 2. The van der Waals surface area contributed by atoms with Crippen LogP contribution in [0.25, 0.3) is 0 Å². The Labute approximate surface area is 162 Å². The molecule has 2 aromatic carbocycles. The van der Waals surface area contributed by atoms with Crippen molar-refractivity contribution in [1.82, 2.24) is 4.90 Å². The molecule has 140 valence electrons. The van der Waals surface area contributed by atoms with E-state index in [0.717, 1.165) is 17.0 Å². The van der Waals surface area contributed by atoms with Crippen LogP contribution in [0, 0.1) is 0 Å². The second-order valence-corrected chi connectivity index (χ2v) is 7.21. The average Bonchev–Trinajstić information content (AvgIpc) is 3.15. The zero-order chi connectivity index (χ0) is 19.0. The predicted molar refractivity (Wildman–Crippen MR) is 105 cm³/mol. The molecule has 1 atom stereocenters. The maximum Gasteiger partial charge on any atom is 0.321 e. The molecule has 1 N–H and O–H groups in total. The summed E-state index contributed by atoms with van der Waals surface area (Å²) in [6.45, 7) is 1.32. The summed E-state index contributed by atoms with van der Waals surface area (Å²) >= 11 is 6.29. The van der Waals surface area contributed by atoms with Crippen LogP contribution in [0.5, 0.6) is 5.75 Å². The van der Waals surface area contributed by atoms with Gasteiger partial charge in [0.15, 0.2) is 6.61 Å². The summed E-state index contributed by atoms with van der Waals surface area (Å²) < 4.78 is 5.47. The SMILES string of the molecule is CN1C(=O)COc2cc(NC(=O)N3CCC(c4ccccc4Cl)C3)ccc21. The van der Waals surface area contributed by atoms with E-state index in [1.165, 1.54) is 0 Å². The third-order valence-electron chi connectivity index (χ3n) is 5.12. The highest BCUT2D eigenvalue weighted by Crippen LogP contribution is 2.35. The van der Waals surface area contributed by atoms with E-state index in [1.807, 2.05) is 24.3 Å². The van der Waals surface area contributed by atoms with Crippen LogP contribution in [-0.4, -0.2) is 43.6 Å². The van der Waals surface area contributed by atoms with E-state index >= 15 is 0 Å². The Kier molecular flexibility index (Phi) is 4.66. The Bertz CT molecular complexity index is 902. The van der Waals surface area contributed by atoms with Gasteiger partial charge in [0.25, 0.3) is 5.91 Å². The van der Waals surface area contributed by atoms with Crippen LogP contribution < -0.4 is 15.0 Å². The molecule has 0 bridgehead atoms. The predicted octanol–water partition coefficient (Wildman–Crippen LogP) is 3.72. The first kappa shape index (κ1) is 17.7. The molecule has 0 spiro atoms. The van der Waals surface area contributed by atoms with Gasteiger partial charge < -0.3 is 19.9 Å². The molecular weight excluding hydrogens is 366 g/mol. The molecule has 1 saturated heterocycles. The van der Waals surface area contributed by atoms with Crippen LogP contribution in [0.4, 0.5) is 16.2 Å². The molecule has 27 heavy (non-hydrogen) atoms. The second-order valence-electron chi connectivity index (χ2n) is 6.81. The standard InChI is InChI=1S/C20H20ClN3O3/c1-23-17-7-6-14(10-18(17)27-12-19(23)25)22-20(26)24-9-8-13(11-24)15-4-2-3-5-16(15)21/h2-7,10,13H,8-9,11-12H2,1H3,(H,22,26). The lowest BCUT2D eigenvalue weighted by Gasteiger charge is -2.26. The molecule has 2 aliphatic heterocycles. The summed E-state index contributed by atoms with van der Waals surface area (Å²) in [6, 6.07) is 12.9. The molecule has 4 rings (SSSR count). The highest BCUT2D eigenvalue weighted by atomic mass is 35.5. The molecule has 2 aromatic rings. The number of halogens is 1. The van der Waals surface area contributed by atoms with E-state index in [0.29, 0.717) is 30.2 Å². The topological polar surface area (TPSA) is 61.9 Å². The summed E-state index contributed by atoms with van der Waals surface area (Å²) in [5.74, 6) is 0.739. The van der Waals surface area contributed by atoms with Gasteiger partial charge in [-0.3, -0.25) is 4.79 Å². The average molecular weight is 386 g/mol. The van der Waals surface area contributed by atoms with Gasteiger partial charge >= 0.3 is 6.03 Å². The van der Waals surface area contributed by atoms with E-state index in [1.54, 1.807) is 35.0 Å². The molecule has 1 fully saturated rings. The Hall–Kier alpha value is -2.73. The van der Waals surface area contributed by atoms with Crippen molar-refractivity contribution in [3.63, 3.8) is 0 Å². The molecule has 0 aromatic heterocycles. The van der Waals surface area contributed by atoms with Gasteiger partial charge in [0.1, 0.15) is 5.75 Å². The largest absolute Gasteiger partial charge is 0.481 e. The number of likely N-dealkylation sites (N-methyl/N-ethyl adjacent to an activating group) is 1. The van der Waals surface area contributed by atoms with Crippen molar-refractivity contribution in [2.24, 2.45) is 0 Å². The van der Waals surface area contributed by atoms with Gasteiger partial charge in [-0.25, -0.2) is 4.79 Å². The van der Waals surface area contributed by atoms with Crippen molar-refractivity contribution in [1.29, 1.82) is 0 Å². The second kappa shape index (κ2) is 7.12. The van der Waals surface area contributed by atoms with Crippen molar-refractivity contribution in [3.05, 3.63) is 53.1 Å². The Morgan fingerprint density at radius 1 is 1.26 bits per heavy atom. The molecule has 1 unspecified atom stereocenters. The van der Waals surface area contributed by atoms with Crippen LogP contribution >= 0.6 is 11.6 Å². The number of carbonyl (C=O) groups is 2. The molecule has 2 heterocycles. The number of ether oxygens (including phenoxy) is 1. The normalized spacial score (nSPS) is 18.9. The van der Waals surface area contributed by atoms with E-state index in [2.05, 4.69) is 5.32 Å². The highest BCUT2D eigenvalue weighted by molar-refractivity contribution is 6.31. The third-order valence-corrected chi connectivity index (χ3v) is 5.46. The van der Waals surface area contributed by atoms with Gasteiger partial charge in [-0.2, -0.15) is 0 Å². The number of anilines is 2. The summed E-state index contributed by atoms with van der Waals surface area (Å²) in [4.78, 5) is 27.7. The fourth-order valence-electron chi connectivity index (χ4n) is 3.56. The van der Waals surface area contributed by atoms with E-state index in [9.17, 15) is 9.59 Å². The van der Waals surface area contributed by atoms with Crippen molar-refractivity contribution in [2.75, 3.05) is 37.0 Å². The quantitative estimate of drug-likeness (QED) is 0.857.